The maximum absolute atomic E-state index is 9.89. The normalized spacial score (nSPS) is 24.0. The van der Waals surface area contributed by atoms with Crippen molar-refractivity contribution < 1.29 is 0 Å². The minimum atomic E-state index is -0.0520. The van der Waals surface area contributed by atoms with Gasteiger partial charge in [0.05, 0.1) is 12.0 Å². The van der Waals surface area contributed by atoms with E-state index < -0.39 is 0 Å². The molecule has 0 radical (unpaired) electrons. The van der Waals surface area contributed by atoms with Gasteiger partial charge in [0.1, 0.15) is 0 Å². The molecule has 0 fully saturated rings. The SMILES string of the molecule is C=C1c2[nH]c3ccccc3c2C(C#N)C(CC)C1CCN(C)C. The molecule has 0 spiro atoms. The Morgan fingerprint density at radius 3 is 2.70 bits per heavy atom. The molecular formula is C20H25N3. The van der Waals surface area contributed by atoms with Crippen LogP contribution in [0.15, 0.2) is 30.8 Å². The van der Waals surface area contributed by atoms with Crippen LogP contribution in [-0.4, -0.2) is 30.5 Å². The summed E-state index contributed by atoms with van der Waals surface area (Å²) in [5, 5.41) is 11.1. The lowest BCUT2D eigenvalue weighted by molar-refractivity contribution is 0.294. The highest BCUT2D eigenvalue weighted by Crippen LogP contribution is 2.50. The van der Waals surface area contributed by atoms with E-state index in [4.69, 9.17) is 0 Å². The number of para-hydroxylation sites is 1. The molecule has 3 atom stereocenters. The Hall–Kier alpha value is -2.05. The van der Waals surface area contributed by atoms with Crippen LogP contribution in [-0.2, 0) is 0 Å². The van der Waals surface area contributed by atoms with Crippen LogP contribution in [0.25, 0.3) is 16.5 Å². The Kier molecular flexibility index (Phi) is 4.28. The lowest BCUT2D eigenvalue weighted by Gasteiger charge is -2.37. The zero-order valence-corrected chi connectivity index (χ0v) is 14.3. The molecule has 0 saturated carbocycles. The number of hydrogen-bond donors (Lipinski definition) is 1. The number of aromatic nitrogens is 1. The number of aromatic amines is 1. The predicted octanol–water partition coefficient (Wildman–Crippen LogP) is 4.40. The van der Waals surface area contributed by atoms with Gasteiger partial charge in [0, 0.05) is 22.2 Å². The van der Waals surface area contributed by atoms with E-state index in [9.17, 15) is 5.26 Å². The molecule has 0 amide bonds. The first kappa shape index (κ1) is 15.8. The molecule has 23 heavy (non-hydrogen) atoms. The van der Waals surface area contributed by atoms with E-state index in [0.29, 0.717) is 11.8 Å². The number of fused-ring (bicyclic) bond motifs is 3. The topological polar surface area (TPSA) is 42.8 Å². The van der Waals surface area contributed by atoms with Gasteiger partial charge in [-0.2, -0.15) is 5.26 Å². The number of allylic oxidation sites excluding steroid dienone is 1. The third kappa shape index (κ3) is 2.58. The molecule has 1 aliphatic rings. The molecule has 0 aliphatic heterocycles. The molecule has 1 heterocycles. The van der Waals surface area contributed by atoms with Crippen LogP contribution in [0.1, 0.15) is 36.9 Å². The third-order valence-corrected chi connectivity index (χ3v) is 5.27. The number of rotatable bonds is 4. The van der Waals surface area contributed by atoms with Crippen molar-refractivity contribution in [2.24, 2.45) is 11.8 Å². The van der Waals surface area contributed by atoms with Crippen LogP contribution >= 0.6 is 0 Å². The standard InChI is InChI=1S/C20H25N3/c1-5-14-15(10-11-23(3)4)13(2)20-19(17(14)12-21)16-8-6-7-9-18(16)22-20/h6-9,14-15,17,22H,2,5,10-11H2,1,3-4H3. The summed E-state index contributed by atoms with van der Waals surface area (Å²) in [5.41, 5.74) is 4.56. The molecule has 1 aliphatic carbocycles. The number of hydrogen-bond acceptors (Lipinski definition) is 2. The van der Waals surface area contributed by atoms with E-state index in [2.05, 4.69) is 55.7 Å². The Balaban J connectivity index is 2.12. The second-order valence-corrected chi connectivity index (χ2v) is 6.86. The van der Waals surface area contributed by atoms with Crippen molar-refractivity contribution in [1.29, 1.82) is 5.26 Å². The van der Waals surface area contributed by atoms with Gasteiger partial charge < -0.3 is 9.88 Å². The quantitative estimate of drug-likeness (QED) is 0.910. The van der Waals surface area contributed by atoms with Gasteiger partial charge in [-0.15, -0.1) is 0 Å². The van der Waals surface area contributed by atoms with E-state index in [1.807, 2.05) is 12.1 Å². The van der Waals surface area contributed by atoms with Gasteiger partial charge in [-0.25, -0.2) is 0 Å². The fourth-order valence-corrected chi connectivity index (χ4v) is 4.10. The zero-order valence-electron chi connectivity index (χ0n) is 14.3. The van der Waals surface area contributed by atoms with Gasteiger partial charge in [-0.05, 0) is 50.5 Å². The molecule has 1 aromatic heterocycles. The van der Waals surface area contributed by atoms with Crippen molar-refractivity contribution in [2.75, 3.05) is 20.6 Å². The van der Waals surface area contributed by atoms with Crippen molar-refractivity contribution in [3.63, 3.8) is 0 Å². The van der Waals surface area contributed by atoms with Gasteiger partial charge in [-0.3, -0.25) is 0 Å². The monoisotopic (exact) mass is 307 g/mol. The fourth-order valence-electron chi connectivity index (χ4n) is 4.10. The van der Waals surface area contributed by atoms with E-state index >= 15 is 0 Å². The third-order valence-electron chi connectivity index (χ3n) is 5.27. The lowest BCUT2D eigenvalue weighted by Crippen LogP contribution is -2.30. The van der Waals surface area contributed by atoms with Crippen LogP contribution < -0.4 is 0 Å². The van der Waals surface area contributed by atoms with E-state index in [0.717, 1.165) is 30.6 Å². The molecular weight excluding hydrogens is 282 g/mol. The van der Waals surface area contributed by atoms with Crippen molar-refractivity contribution >= 4 is 16.5 Å². The molecule has 3 rings (SSSR count). The van der Waals surface area contributed by atoms with E-state index in [-0.39, 0.29) is 5.92 Å². The van der Waals surface area contributed by atoms with Crippen LogP contribution in [0, 0.1) is 23.2 Å². The van der Waals surface area contributed by atoms with Crippen LogP contribution in [0.4, 0.5) is 0 Å². The molecule has 3 nitrogen and oxygen atoms in total. The number of nitrogens with one attached hydrogen (secondary N) is 1. The van der Waals surface area contributed by atoms with Gasteiger partial charge in [0.25, 0.3) is 0 Å². The Bertz CT molecular complexity index is 763. The molecule has 0 saturated heterocycles. The van der Waals surface area contributed by atoms with Crippen molar-refractivity contribution in [2.45, 2.75) is 25.7 Å². The average molecular weight is 307 g/mol. The van der Waals surface area contributed by atoms with Gasteiger partial charge in [0.2, 0.25) is 0 Å². The molecule has 1 aromatic carbocycles. The summed E-state index contributed by atoms with van der Waals surface area (Å²) in [6.45, 7) is 7.64. The van der Waals surface area contributed by atoms with Gasteiger partial charge >= 0.3 is 0 Å². The highest BCUT2D eigenvalue weighted by Gasteiger charge is 2.40. The maximum Gasteiger partial charge on any atom is 0.0773 e. The first-order chi connectivity index (χ1) is 11.1. The molecule has 0 bridgehead atoms. The highest BCUT2D eigenvalue weighted by atomic mass is 15.0. The molecule has 2 aromatic rings. The summed E-state index contributed by atoms with van der Waals surface area (Å²) in [6, 6.07) is 10.9. The van der Waals surface area contributed by atoms with Crippen molar-refractivity contribution in [3.8, 4) is 6.07 Å². The molecule has 3 unspecified atom stereocenters. The first-order valence-corrected chi connectivity index (χ1v) is 8.42. The van der Waals surface area contributed by atoms with E-state index in [1.54, 1.807) is 0 Å². The van der Waals surface area contributed by atoms with Gasteiger partial charge in [-0.1, -0.05) is 38.1 Å². The summed E-state index contributed by atoms with van der Waals surface area (Å²) in [6.07, 6.45) is 2.06. The summed E-state index contributed by atoms with van der Waals surface area (Å²) in [5.74, 6) is 0.663. The zero-order chi connectivity index (χ0) is 16.6. The van der Waals surface area contributed by atoms with Crippen LogP contribution in [0.5, 0.6) is 0 Å². The second kappa shape index (κ2) is 6.22. The minimum absolute atomic E-state index is 0.0520. The van der Waals surface area contributed by atoms with Crippen molar-refractivity contribution in [1.82, 2.24) is 9.88 Å². The Labute approximate surface area is 138 Å². The number of nitriles is 1. The Morgan fingerprint density at radius 1 is 1.30 bits per heavy atom. The minimum Gasteiger partial charge on any atom is -0.355 e. The summed E-state index contributed by atoms with van der Waals surface area (Å²) in [4.78, 5) is 5.74. The fraction of sp³-hybridized carbons (Fsp3) is 0.450. The maximum atomic E-state index is 9.89. The van der Waals surface area contributed by atoms with Crippen LogP contribution in [0.3, 0.4) is 0 Å². The van der Waals surface area contributed by atoms with Gasteiger partial charge in [0.15, 0.2) is 0 Å². The largest absolute Gasteiger partial charge is 0.355 e. The Morgan fingerprint density at radius 2 is 2.04 bits per heavy atom. The lowest BCUT2D eigenvalue weighted by atomic mass is 9.66. The predicted molar refractivity (Wildman–Crippen MR) is 96.1 cm³/mol. The summed E-state index contributed by atoms with van der Waals surface area (Å²) in [7, 11) is 4.20. The van der Waals surface area contributed by atoms with Crippen LogP contribution in [0.2, 0.25) is 0 Å². The summed E-state index contributed by atoms with van der Waals surface area (Å²) < 4.78 is 0. The molecule has 3 heteroatoms. The highest BCUT2D eigenvalue weighted by molar-refractivity contribution is 5.91. The first-order valence-electron chi connectivity index (χ1n) is 8.42. The smallest absolute Gasteiger partial charge is 0.0773 e. The molecule has 120 valence electrons. The van der Waals surface area contributed by atoms with E-state index in [1.165, 1.54) is 16.5 Å². The van der Waals surface area contributed by atoms with Crippen molar-refractivity contribution in [3.05, 3.63) is 42.1 Å². The summed E-state index contributed by atoms with van der Waals surface area (Å²) >= 11 is 0. The number of benzene rings is 1. The molecule has 1 N–H and O–H groups in total. The second-order valence-electron chi connectivity index (χ2n) is 6.86. The number of H-pyrrole nitrogens is 1. The number of nitrogens with zero attached hydrogens (tertiary/aromatic N) is 2. The average Bonchev–Trinajstić information content (AvgIpc) is 2.93.